The van der Waals surface area contributed by atoms with E-state index in [4.69, 9.17) is 16.3 Å². The first kappa shape index (κ1) is 15.7. The van der Waals surface area contributed by atoms with Crippen molar-refractivity contribution in [2.24, 2.45) is 0 Å². The van der Waals surface area contributed by atoms with Crippen LogP contribution >= 0.6 is 11.6 Å². The Morgan fingerprint density at radius 1 is 1.00 bits per heavy atom. The number of hydrogen-bond acceptors (Lipinski definition) is 3. The van der Waals surface area contributed by atoms with E-state index in [-0.39, 0.29) is 0 Å². The molecule has 5 heteroatoms. The van der Waals surface area contributed by atoms with Gasteiger partial charge in [-0.2, -0.15) is 0 Å². The Labute approximate surface area is 150 Å². The van der Waals surface area contributed by atoms with Crippen molar-refractivity contribution in [3.05, 3.63) is 65.4 Å². The lowest BCUT2D eigenvalue weighted by Gasteiger charge is -2.07. The van der Waals surface area contributed by atoms with Crippen molar-refractivity contribution < 1.29 is 4.74 Å². The normalized spacial score (nSPS) is 11.0. The second-order valence-corrected chi connectivity index (χ2v) is 6.27. The van der Waals surface area contributed by atoms with Gasteiger partial charge in [-0.15, -0.1) is 0 Å². The molecule has 0 saturated carbocycles. The lowest BCUT2D eigenvalue weighted by molar-refractivity contribution is 0.397. The molecule has 0 saturated heterocycles. The van der Waals surface area contributed by atoms with Crippen LogP contribution in [0.5, 0.6) is 5.88 Å². The van der Waals surface area contributed by atoms with Crippen molar-refractivity contribution in [3.8, 4) is 28.3 Å². The molecule has 25 heavy (non-hydrogen) atoms. The number of nitrogens with zero attached hydrogens (tertiary/aromatic N) is 2. The van der Waals surface area contributed by atoms with E-state index in [1.54, 1.807) is 7.11 Å². The van der Waals surface area contributed by atoms with E-state index < -0.39 is 0 Å². The fraction of sp³-hybridized carbons (Fsp3) is 0.100. The topological polar surface area (TPSA) is 50.8 Å². The standard InChI is InChI=1S/C20H16ClN3O/c1-12-7-19(25-2)22-11-16(12)14-8-13-9-18(24-20(13)23-10-14)15-5-3-4-6-17(15)21/h3-11H,1-2H3,(H,23,24). The summed E-state index contributed by atoms with van der Waals surface area (Å²) in [6.07, 6.45) is 3.67. The second kappa shape index (κ2) is 6.22. The smallest absolute Gasteiger partial charge is 0.213 e. The zero-order valence-corrected chi connectivity index (χ0v) is 14.6. The van der Waals surface area contributed by atoms with Gasteiger partial charge in [-0.25, -0.2) is 9.97 Å². The van der Waals surface area contributed by atoms with Gasteiger partial charge in [-0.1, -0.05) is 29.8 Å². The highest BCUT2D eigenvalue weighted by atomic mass is 35.5. The number of aryl methyl sites for hydroxylation is 1. The van der Waals surface area contributed by atoms with Crippen molar-refractivity contribution in [2.75, 3.05) is 7.11 Å². The van der Waals surface area contributed by atoms with Crippen LogP contribution in [0.4, 0.5) is 0 Å². The zero-order valence-electron chi connectivity index (χ0n) is 13.9. The average molecular weight is 350 g/mol. The Kier molecular flexibility index (Phi) is 3.90. The van der Waals surface area contributed by atoms with Crippen LogP contribution in [0.1, 0.15) is 5.56 Å². The molecule has 0 atom stereocenters. The first-order valence-corrected chi connectivity index (χ1v) is 8.28. The van der Waals surface area contributed by atoms with E-state index in [2.05, 4.69) is 27.1 Å². The van der Waals surface area contributed by atoms with Crippen molar-refractivity contribution >= 4 is 22.6 Å². The monoisotopic (exact) mass is 349 g/mol. The summed E-state index contributed by atoms with van der Waals surface area (Å²) >= 11 is 6.30. The lowest BCUT2D eigenvalue weighted by Crippen LogP contribution is -1.91. The maximum absolute atomic E-state index is 6.30. The minimum Gasteiger partial charge on any atom is -0.481 e. The number of rotatable bonds is 3. The van der Waals surface area contributed by atoms with Crippen molar-refractivity contribution in [2.45, 2.75) is 6.92 Å². The fourth-order valence-electron chi connectivity index (χ4n) is 2.93. The quantitative estimate of drug-likeness (QED) is 0.548. The fourth-order valence-corrected chi connectivity index (χ4v) is 3.17. The summed E-state index contributed by atoms with van der Waals surface area (Å²) in [6.45, 7) is 2.04. The number of pyridine rings is 2. The highest BCUT2D eigenvalue weighted by Crippen LogP contribution is 2.31. The number of H-pyrrole nitrogens is 1. The van der Waals surface area contributed by atoms with E-state index >= 15 is 0 Å². The Bertz CT molecular complexity index is 1070. The van der Waals surface area contributed by atoms with Crippen LogP contribution in [0.3, 0.4) is 0 Å². The van der Waals surface area contributed by atoms with Crippen LogP contribution in [-0.2, 0) is 0 Å². The minimum absolute atomic E-state index is 0.609. The van der Waals surface area contributed by atoms with Gasteiger partial charge in [0.25, 0.3) is 0 Å². The maximum atomic E-state index is 6.30. The summed E-state index contributed by atoms with van der Waals surface area (Å²) in [7, 11) is 1.62. The van der Waals surface area contributed by atoms with Gasteiger partial charge in [0.2, 0.25) is 5.88 Å². The number of hydrogen-bond donors (Lipinski definition) is 1. The summed E-state index contributed by atoms with van der Waals surface area (Å²) in [6, 6.07) is 13.9. The molecular weight excluding hydrogens is 334 g/mol. The summed E-state index contributed by atoms with van der Waals surface area (Å²) in [4.78, 5) is 12.2. The number of benzene rings is 1. The maximum Gasteiger partial charge on any atom is 0.213 e. The lowest BCUT2D eigenvalue weighted by atomic mass is 10.0. The van der Waals surface area contributed by atoms with Gasteiger partial charge < -0.3 is 9.72 Å². The zero-order chi connectivity index (χ0) is 17.4. The highest BCUT2D eigenvalue weighted by molar-refractivity contribution is 6.33. The summed E-state index contributed by atoms with van der Waals surface area (Å²) < 4.78 is 5.18. The Morgan fingerprint density at radius 3 is 2.60 bits per heavy atom. The predicted molar refractivity (Wildman–Crippen MR) is 101 cm³/mol. The molecule has 4 nitrogen and oxygen atoms in total. The SMILES string of the molecule is COc1cc(C)c(-c2cnc3[nH]c(-c4ccccc4Cl)cc3c2)cn1. The molecule has 4 rings (SSSR count). The van der Waals surface area contributed by atoms with E-state index in [0.29, 0.717) is 10.9 Å². The predicted octanol–water partition coefficient (Wildman–Crippen LogP) is 5.26. The molecule has 0 aliphatic rings. The van der Waals surface area contributed by atoms with Crippen molar-refractivity contribution in [1.82, 2.24) is 15.0 Å². The van der Waals surface area contributed by atoms with E-state index in [9.17, 15) is 0 Å². The summed E-state index contributed by atoms with van der Waals surface area (Å²) in [5.41, 5.74) is 5.90. The third kappa shape index (κ3) is 2.85. The Morgan fingerprint density at radius 2 is 1.84 bits per heavy atom. The summed E-state index contributed by atoms with van der Waals surface area (Å²) in [5.74, 6) is 0.609. The molecule has 0 aliphatic heterocycles. The molecule has 3 aromatic heterocycles. The number of halogens is 1. The molecule has 4 aromatic rings. The number of methoxy groups -OCH3 is 1. The molecule has 0 fully saturated rings. The van der Waals surface area contributed by atoms with Crippen LogP contribution in [0.2, 0.25) is 5.02 Å². The van der Waals surface area contributed by atoms with Crippen molar-refractivity contribution in [1.29, 1.82) is 0 Å². The van der Waals surface area contributed by atoms with E-state index in [1.807, 2.05) is 49.6 Å². The molecule has 0 aliphatic carbocycles. The first-order valence-electron chi connectivity index (χ1n) is 7.90. The number of aromatic nitrogens is 3. The molecule has 0 bridgehead atoms. The van der Waals surface area contributed by atoms with E-state index in [0.717, 1.165) is 39.0 Å². The van der Waals surface area contributed by atoms with Crippen LogP contribution in [0, 0.1) is 6.92 Å². The summed E-state index contributed by atoms with van der Waals surface area (Å²) in [5, 5.41) is 1.74. The third-order valence-corrected chi connectivity index (χ3v) is 4.57. The van der Waals surface area contributed by atoms with Gasteiger partial charge in [0.15, 0.2) is 0 Å². The van der Waals surface area contributed by atoms with Crippen LogP contribution in [0.25, 0.3) is 33.4 Å². The van der Waals surface area contributed by atoms with Gasteiger partial charge >= 0.3 is 0 Å². The Hall–Kier alpha value is -2.85. The number of nitrogens with one attached hydrogen (secondary N) is 1. The molecule has 0 radical (unpaired) electrons. The molecule has 1 N–H and O–H groups in total. The van der Waals surface area contributed by atoms with Gasteiger partial charge in [0.05, 0.1) is 7.11 Å². The van der Waals surface area contributed by atoms with Crippen molar-refractivity contribution in [3.63, 3.8) is 0 Å². The minimum atomic E-state index is 0.609. The second-order valence-electron chi connectivity index (χ2n) is 5.87. The number of ether oxygens (including phenoxy) is 1. The van der Waals surface area contributed by atoms with Crippen LogP contribution in [-0.4, -0.2) is 22.1 Å². The molecule has 0 amide bonds. The molecule has 3 heterocycles. The van der Waals surface area contributed by atoms with Crippen LogP contribution < -0.4 is 4.74 Å². The van der Waals surface area contributed by atoms with Crippen LogP contribution in [0.15, 0.2) is 54.9 Å². The van der Waals surface area contributed by atoms with Gasteiger partial charge in [0, 0.05) is 51.3 Å². The van der Waals surface area contributed by atoms with Gasteiger partial charge in [-0.05, 0) is 30.7 Å². The third-order valence-electron chi connectivity index (χ3n) is 4.24. The van der Waals surface area contributed by atoms with Gasteiger partial charge in [-0.3, -0.25) is 0 Å². The van der Waals surface area contributed by atoms with E-state index in [1.165, 1.54) is 0 Å². The first-order chi connectivity index (χ1) is 12.2. The number of fused-ring (bicyclic) bond motifs is 1. The molecule has 0 unspecified atom stereocenters. The number of aromatic amines is 1. The Balaban J connectivity index is 1.80. The average Bonchev–Trinajstić information content (AvgIpc) is 3.04. The molecule has 0 spiro atoms. The largest absolute Gasteiger partial charge is 0.481 e. The molecule has 124 valence electrons. The molecule has 1 aromatic carbocycles. The molecular formula is C20H16ClN3O. The highest BCUT2D eigenvalue weighted by Gasteiger charge is 2.10. The van der Waals surface area contributed by atoms with Gasteiger partial charge in [0.1, 0.15) is 5.65 Å².